The van der Waals surface area contributed by atoms with Crippen LogP contribution in [0.15, 0.2) is 0 Å². The summed E-state index contributed by atoms with van der Waals surface area (Å²) in [5, 5.41) is 0. The minimum atomic E-state index is -0.583. The standard InChI is InChI=1S/C5H11FO.FH/c1-4-5(2,3)7-6;/h4H2,1-3H3;1H. The van der Waals surface area contributed by atoms with E-state index in [1.54, 1.807) is 13.8 Å². The Balaban J connectivity index is 0. The number of hydrogen-bond donors (Lipinski definition) is 0. The predicted molar refractivity (Wildman–Crippen MR) is 29.1 cm³/mol. The zero-order chi connectivity index (χ0) is 5.91. The van der Waals surface area contributed by atoms with E-state index in [1.807, 2.05) is 6.92 Å². The zero-order valence-electron chi connectivity index (χ0n) is 5.40. The van der Waals surface area contributed by atoms with Crippen molar-refractivity contribution in [3.63, 3.8) is 0 Å². The molecule has 0 fully saturated rings. The molecule has 0 saturated carbocycles. The molecular weight excluding hydrogens is 114 g/mol. The molecule has 1 nitrogen and oxygen atoms in total. The van der Waals surface area contributed by atoms with Crippen molar-refractivity contribution in [2.24, 2.45) is 0 Å². The Morgan fingerprint density at radius 1 is 1.50 bits per heavy atom. The maximum absolute atomic E-state index is 11.3. The molecule has 0 spiro atoms. The van der Waals surface area contributed by atoms with E-state index in [0.717, 1.165) is 0 Å². The highest BCUT2D eigenvalue weighted by Gasteiger charge is 2.14. The molecule has 0 bridgehead atoms. The first kappa shape index (κ1) is 10.7. The second kappa shape index (κ2) is 3.78. The third kappa shape index (κ3) is 3.99. The minimum absolute atomic E-state index is 0. The van der Waals surface area contributed by atoms with E-state index >= 15 is 0 Å². The SMILES string of the molecule is CCC(C)(C)OF.F. The fourth-order valence-electron chi connectivity index (χ4n) is 0.0546. The Bertz CT molecular complexity index is 48.4. The van der Waals surface area contributed by atoms with Gasteiger partial charge in [0.25, 0.3) is 0 Å². The average molecular weight is 126 g/mol. The fraction of sp³-hybridized carbons (Fsp3) is 1.00. The molecule has 0 aromatic carbocycles. The van der Waals surface area contributed by atoms with Crippen LogP contribution >= 0.6 is 0 Å². The molecule has 0 radical (unpaired) electrons. The van der Waals surface area contributed by atoms with Gasteiger partial charge in [-0.3, -0.25) is 4.70 Å². The van der Waals surface area contributed by atoms with Crippen LogP contribution in [0.5, 0.6) is 0 Å². The van der Waals surface area contributed by atoms with Gasteiger partial charge in [-0.25, -0.2) is 0 Å². The van der Waals surface area contributed by atoms with Crippen molar-refractivity contribution < 1.29 is 14.2 Å². The molecule has 0 aliphatic heterocycles. The normalized spacial score (nSPS) is 10.5. The minimum Gasteiger partial charge on any atom is -0.269 e. The predicted octanol–water partition coefficient (Wildman–Crippen LogP) is 2.23. The lowest BCUT2D eigenvalue weighted by atomic mass is 10.1. The summed E-state index contributed by atoms with van der Waals surface area (Å²) in [6.45, 7) is 5.28. The third-order valence-electron chi connectivity index (χ3n) is 1.06. The Kier molecular flexibility index (Phi) is 5.07. The molecule has 0 aromatic heterocycles. The molecule has 0 unspecified atom stereocenters. The lowest BCUT2D eigenvalue weighted by Gasteiger charge is -2.14. The third-order valence-corrected chi connectivity index (χ3v) is 1.06. The van der Waals surface area contributed by atoms with Gasteiger partial charge in [0.15, 0.2) is 0 Å². The summed E-state index contributed by atoms with van der Waals surface area (Å²) < 4.78 is 11.3. The van der Waals surface area contributed by atoms with Gasteiger partial charge in [-0.05, 0) is 24.8 Å². The summed E-state index contributed by atoms with van der Waals surface area (Å²) in [6, 6.07) is 0. The highest BCUT2D eigenvalue weighted by Crippen LogP contribution is 2.12. The maximum Gasteiger partial charge on any atom is 0.103 e. The maximum atomic E-state index is 11.3. The van der Waals surface area contributed by atoms with Crippen LogP contribution in [-0.4, -0.2) is 5.60 Å². The summed E-state index contributed by atoms with van der Waals surface area (Å²) in [6.07, 6.45) is 0.698. The first-order chi connectivity index (χ1) is 3.12. The van der Waals surface area contributed by atoms with Crippen molar-refractivity contribution in [2.75, 3.05) is 0 Å². The summed E-state index contributed by atoms with van der Waals surface area (Å²) in [5.41, 5.74) is -0.583. The molecule has 3 heteroatoms. The molecule has 52 valence electrons. The number of hydrogen-bond acceptors (Lipinski definition) is 1. The van der Waals surface area contributed by atoms with Gasteiger partial charge in [0.05, 0.1) is 0 Å². The van der Waals surface area contributed by atoms with Crippen LogP contribution in [0, 0.1) is 0 Å². The second-order valence-corrected chi connectivity index (χ2v) is 2.19. The van der Waals surface area contributed by atoms with Gasteiger partial charge < -0.3 is 0 Å². The monoisotopic (exact) mass is 126 g/mol. The molecule has 0 aromatic rings. The molecule has 0 rings (SSSR count). The van der Waals surface area contributed by atoms with Gasteiger partial charge in [-0.2, -0.15) is 4.94 Å². The van der Waals surface area contributed by atoms with E-state index in [2.05, 4.69) is 4.94 Å². The summed E-state index contributed by atoms with van der Waals surface area (Å²) in [4.78, 5) is 3.59. The van der Waals surface area contributed by atoms with Crippen LogP contribution in [0.25, 0.3) is 0 Å². The molecule has 8 heavy (non-hydrogen) atoms. The van der Waals surface area contributed by atoms with Gasteiger partial charge in [-0.15, -0.1) is 0 Å². The zero-order valence-corrected chi connectivity index (χ0v) is 5.40. The fourth-order valence-corrected chi connectivity index (χ4v) is 0.0546. The number of rotatable bonds is 2. The topological polar surface area (TPSA) is 9.23 Å². The molecule has 0 atom stereocenters. The lowest BCUT2D eigenvalue weighted by molar-refractivity contribution is -0.222. The van der Waals surface area contributed by atoms with E-state index in [4.69, 9.17) is 0 Å². The Morgan fingerprint density at radius 2 is 1.88 bits per heavy atom. The van der Waals surface area contributed by atoms with Crippen LogP contribution in [0.1, 0.15) is 27.2 Å². The molecule has 0 heterocycles. The van der Waals surface area contributed by atoms with E-state index in [-0.39, 0.29) is 4.70 Å². The first-order valence-corrected chi connectivity index (χ1v) is 2.42. The Labute approximate surface area is 48.1 Å². The summed E-state index contributed by atoms with van der Waals surface area (Å²) in [7, 11) is 0. The lowest BCUT2D eigenvalue weighted by Crippen LogP contribution is -2.18. The smallest absolute Gasteiger partial charge is 0.103 e. The van der Waals surface area contributed by atoms with E-state index < -0.39 is 5.60 Å². The van der Waals surface area contributed by atoms with Crippen LogP contribution in [0.3, 0.4) is 0 Å². The molecule has 0 aliphatic carbocycles. The van der Waals surface area contributed by atoms with Crippen molar-refractivity contribution in [1.29, 1.82) is 0 Å². The van der Waals surface area contributed by atoms with Gasteiger partial charge in [-0.1, -0.05) is 6.92 Å². The average Bonchev–Trinajstić information content (AvgIpc) is 1.68. The molecule has 0 aliphatic rings. The summed E-state index contributed by atoms with van der Waals surface area (Å²) >= 11 is 0. The van der Waals surface area contributed by atoms with Crippen molar-refractivity contribution >= 4 is 0 Å². The van der Waals surface area contributed by atoms with Gasteiger partial charge in [0.2, 0.25) is 0 Å². The van der Waals surface area contributed by atoms with E-state index in [9.17, 15) is 4.53 Å². The van der Waals surface area contributed by atoms with Crippen molar-refractivity contribution in [2.45, 2.75) is 32.8 Å². The van der Waals surface area contributed by atoms with Crippen LogP contribution in [-0.2, 0) is 4.94 Å². The van der Waals surface area contributed by atoms with Crippen molar-refractivity contribution in [3.05, 3.63) is 0 Å². The second-order valence-electron chi connectivity index (χ2n) is 2.19. The van der Waals surface area contributed by atoms with Gasteiger partial charge >= 0.3 is 0 Å². The van der Waals surface area contributed by atoms with Gasteiger partial charge in [0, 0.05) is 0 Å². The Hall–Kier alpha value is -0.180. The van der Waals surface area contributed by atoms with Crippen LogP contribution in [0.4, 0.5) is 9.23 Å². The molecule has 0 saturated heterocycles. The van der Waals surface area contributed by atoms with E-state index in [0.29, 0.717) is 6.42 Å². The first-order valence-electron chi connectivity index (χ1n) is 2.42. The molecule has 0 N–H and O–H groups in total. The van der Waals surface area contributed by atoms with Crippen molar-refractivity contribution in [1.82, 2.24) is 0 Å². The quantitative estimate of drug-likeness (QED) is 0.551. The summed E-state index contributed by atoms with van der Waals surface area (Å²) in [5.74, 6) is 0. The van der Waals surface area contributed by atoms with E-state index in [1.165, 1.54) is 0 Å². The highest BCUT2D eigenvalue weighted by atomic mass is 19.3. The van der Waals surface area contributed by atoms with Gasteiger partial charge in [0.1, 0.15) is 5.60 Å². The van der Waals surface area contributed by atoms with Crippen LogP contribution < -0.4 is 0 Å². The van der Waals surface area contributed by atoms with Crippen LogP contribution in [0.2, 0.25) is 0 Å². The molecular formula is C5H12F2O. The Morgan fingerprint density at radius 3 is 1.88 bits per heavy atom. The highest BCUT2D eigenvalue weighted by molar-refractivity contribution is 4.61. The van der Waals surface area contributed by atoms with Crippen molar-refractivity contribution in [3.8, 4) is 0 Å². The number of halogens is 2. The molecule has 0 amide bonds. The largest absolute Gasteiger partial charge is 0.269 e.